The van der Waals surface area contributed by atoms with Gasteiger partial charge in [0.2, 0.25) is 11.2 Å². The molecular formula is C26H28N3+. The molecule has 0 radical (unpaired) electrons. The van der Waals surface area contributed by atoms with Crippen molar-refractivity contribution in [2.24, 2.45) is 13.0 Å². The van der Waals surface area contributed by atoms with Gasteiger partial charge in [-0.15, -0.1) is 0 Å². The zero-order valence-electron chi connectivity index (χ0n) is 18.0. The van der Waals surface area contributed by atoms with Crippen molar-refractivity contribution in [2.75, 3.05) is 0 Å². The molecule has 4 aromatic rings. The van der Waals surface area contributed by atoms with Gasteiger partial charge in [-0.05, 0) is 55.0 Å². The van der Waals surface area contributed by atoms with E-state index in [2.05, 4.69) is 92.6 Å². The minimum absolute atomic E-state index is 0.648. The largest absolute Gasteiger partial charge is 0.303 e. The highest BCUT2D eigenvalue weighted by Gasteiger charge is 2.22. The van der Waals surface area contributed by atoms with E-state index in [1.54, 1.807) is 0 Å². The average molecular weight is 383 g/mol. The van der Waals surface area contributed by atoms with Crippen molar-refractivity contribution in [2.45, 2.75) is 40.5 Å². The average Bonchev–Trinajstić information content (AvgIpc) is 3.27. The van der Waals surface area contributed by atoms with E-state index in [-0.39, 0.29) is 0 Å². The van der Waals surface area contributed by atoms with Crippen LogP contribution in [0.15, 0.2) is 42.5 Å². The van der Waals surface area contributed by atoms with Gasteiger partial charge < -0.3 is 4.57 Å². The molecule has 3 heterocycles. The molecule has 3 heteroatoms. The molecule has 2 aromatic carbocycles. The molecule has 0 fully saturated rings. The lowest BCUT2D eigenvalue weighted by molar-refractivity contribution is -0.633. The number of hydrogen-bond donors (Lipinski definition) is 0. The summed E-state index contributed by atoms with van der Waals surface area (Å²) in [4.78, 5) is 4.89. The van der Waals surface area contributed by atoms with Crippen molar-refractivity contribution in [3.8, 4) is 11.3 Å². The van der Waals surface area contributed by atoms with Crippen molar-refractivity contribution in [1.29, 1.82) is 0 Å². The van der Waals surface area contributed by atoms with Crippen LogP contribution in [0.2, 0.25) is 0 Å². The molecular weight excluding hydrogens is 354 g/mol. The highest BCUT2D eigenvalue weighted by atomic mass is 15.1. The molecule has 29 heavy (non-hydrogen) atoms. The fourth-order valence-electron chi connectivity index (χ4n) is 4.75. The fourth-order valence-corrected chi connectivity index (χ4v) is 4.75. The van der Waals surface area contributed by atoms with Crippen LogP contribution in [0.5, 0.6) is 0 Å². The number of allylic oxidation sites excluding steroid dienone is 1. The summed E-state index contributed by atoms with van der Waals surface area (Å²) < 4.78 is 4.59. The summed E-state index contributed by atoms with van der Waals surface area (Å²) in [5.41, 5.74) is 10.2. The van der Waals surface area contributed by atoms with Crippen LogP contribution in [0.4, 0.5) is 0 Å². The van der Waals surface area contributed by atoms with E-state index in [0.717, 1.165) is 24.2 Å². The number of fused-ring (bicyclic) bond motifs is 4. The lowest BCUT2D eigenvalue weighted by Crippen LogP contribution is -2.32. The smallest absolute Gasteiger partial charge is 0.213 e. The Balaban J connectivity index is 1.76. The molecule has 0 spiro atoms. The second-order valence-electron chi connectivity index (χ2n) is 8.75. The maximum absolute atomic E-state index is 4.89. The van der Waals surface area contributed by atoms with E-state index in [4.69, 9.17) is 4.98 Å². The first kappa shape index (κ1) is 18.1. The molecule has 146 valence electrons. The molecule has 0 saturated heterocycles. The first-order valence-corrected chi connectivity index (χ1v) is 10.5. The summed E-state index contributed by atoms with van der Waals surface area (Å²) >= 11 is 0. The van der Waals surface area contributed by atoms with Crippen LogP contribution in [0.1, 0.15) is 36.4 Å². The SMILES string of the molecule is Cc1c(-c2ccc3c(CC(C)C)cccc3[n+]2C)cc2c(nc3n2C=CC3)c1C. The van der Waals surface area contributed by atoms with Crippen LogP contribution in [-0.2, 0) is 19.9 Å². The molecule has 0 unspecified atom stereocenters. The lowest BCUT2D eigenvalue weighted by Gasteiger charge is -2.12. The Kier molecular flexibility index (Phi) is 4.09. The van der Waals surface area contributed by atoms with E-state index in [9.17, 15) is 0 Å². The van der Waals surface area contributed by atoms with Gasteiger partial charge in [0.05, 0.1) is 16.6 Å². The van der Waals surface area contributed by atoms with Crippen molar-refractivity contribution in [3.63, 3.8) is 0 Å². The van der Waals surface area contributed by atoms with Gasteiger partial charge in [-0.2, -0.15) is 4.57 Å². The highest BCUT2D eigenvalue weighted by Crippen LogP contribution is 2.33. The van der Waals surface area contributed by atoms with E-state index < -0.39 is 0 Å². The van der Waals surface area contributed by atoms with Crippen LogP contribution in [0.3, 0.4) is 0 Å². The molecule has 0 bridgehead atoms. The van der Waals surface area contributed by atoms with Crippen molar-refractivity contribution in [3.05, 3.63) is 65.0 Å². The van der Waals surface area contributed by atoms with E-state index in [1.807, 2.05) is 0 Å². The summed E-state index contributed by atoms with van der Waals surface area (Å²) in [6.45, 7) is 9.00. The third-order valence-corrected chi connectivity index (χ3v) is 6.39. The molecule has 1 aliphatic rings. The minimum atomic E-state index is 0.648. The fraction of sp³-hybridized carbons (Fsp3) is 0.308. The van der Waals surface area contributed by atoms with Gasteiger partial charge in [-0.25, -0.2) is 4.98 Å². The molecule has 0 aliphatic carbocycles. The topological polar surface area (TPSA) is 21.7 Å². The van der Waals surface area contributed by atoms with Crippen LogP contribution in [0, 0.1) is 19.8 Å². The Morgan fingerprint density at radius 2 is 1.93 bits per heavy atom. The molecule has 3 nitrogen and oxygen atoms in total. The predicted octanol–water partition coefficient (Wildman–Crippen LogP) is 5.52. The Morgan fingerprint density at radius 1 is 1.10 bits per heavy atom. The van der Waals surface area contributed by atoms with Gasteiger partial charge in [-0.3, -0.25) is 0 Å². The zero-order valence-corrected chi connectivity index (χ0v) is 18.0. The number of rotatable bonds is 3. The zero-order chi connectivity index (χ0) is 20.3. The van der Waals surface area contributed by atoms with Gasteiger partial charge in [0, 0.05) is 30.1 Å². The minimum Gasteiger partial charge on any atom is -0.303 e. The molecule has 1 aliphatic heterocycles. The van der Waals surface area contributed by atoms with E-state index >= 15 is 0 Å². The number of imidazole rings is 1. The van der Waals surface area contributed by atoms with E-state index in [1.165, 1.54) is 44.4 Å². The first-order valence-electron chi connectivity index (χ1n) is 10.5. The summed E-state index contributed by atoms with van der Waals surface area (Å²) in [5.74, 6) is 1.79. The molecule has 0 N–H and O–H groups in total. The number of pyridine rings is 1. The number of nitrogens with zero attached hydrogens (tertiary/aromatic N) is 3. The normalized spacial score (nSPS) is 13.2. The van der Waals surface area contributed by atoms with Gasteiger partial charge >= 0.3 is 0 Å². The predicted molar refractivity (Wildman–Crippen MR) is 121 cm³/mol. The second-order valence-corrected chi connectivity index (χ2v) is 8.75. The number of hydrogen-bond acceptors (Lipinski definition) is 1. The number of aryl methyl sites for hydroxylation is 2. The lowest BCUT2D eigenvalue weighted by atomic mass is 9.95. The van der Waals surface area contributed by atoms with E-state index in [0.29, 0.717) is 5.92 Å². The summed E-state index contributed by atoms with van der Waals surface area (Å²) in [6.07, 6.45) is 6.37. The molecule has 0 atom stereocenters. The Hall–Kier alpha value is -2.94. The van der Waals surface area contributed by atoms with Crippen molar-refractivity contribution >= 4 is 28.1 Å². The quantitative estimate of drug-likeness (QED) is 0.427. The van der Waals surface area contributed by atoms with Crippen LogP contribution in [-0.4, -0.2) is 9.55 Å². The highest BCUT2D eigenvalue weighted by molar-refractivity contribution is 5.89. The van der Waals surface area contributed by atoms with Gasteiger partial charge in [0.15, 0.2) is 0 Å². The van der Waals surface area contributed by atoms with Crippen LogP contribution >= 0.6 is 0 Å². The summed E-state index contributed by atoms with van der Waals surface area (Å²) in [6, 6.07) is 13.6. The standard InChI is InChI=1S/C26H28N3/c1-16(2)14-19-8-6-9-22-20(19)11-12-23(28(22)5)21-15-24-26(18(4)17(21)3)27-25-10-7-13-29(24)25/h6-9,11-13,15-16H,10,14H2,1-5H3/q+1. The maximum atomic E-state index is 4.89. The Bertz CT molecular complexity index is 1310. The maximum Gasteiger partial charge on any atom is 0.213 e. The van der Waals surface area contributed by atoms with Crippen molar-refractivity contribution in [1.82, 2.24) is 9.55 Å². The van der Waals surface area contributed by atoms with Gasteiger partial charge in [0.1, 0.15) is 12.9 Å². The molecule has 2 aromatic heterocycles. The molecule has 5 rings (SSSR count). The first-order chi connectivity index (χ1) is 14.0. The number of benzene rings is 2. The second kappa shape index (κ2) is 6.55. The monoisotopic (exact) mass is 382 g/mol. The van der Waals surface area contributed by atoms with Crippen LogP contribution < -0.4 is 4.57 Å². The summed E-state index contributed by atoms with van der Waals surface area (Å²) in [5, 5.41) is 1.36. The van der Waals surface area contributed by atoms with Gasteiger partial charge in [-0.1, -0.05) is 32.1 Å². The number of aromatic nitrogens is 3. The van der Waals surface area contributed by atoms with Crippen LogP contribution in [0.25, 0.3) is 39.4 Å². The molecule has 0 saturated carbocycles. The molecule has 0 amide bonds. The van der Waals surface area contributed by atoms with Crippen molar-refractivity contribution < 1.29 is 4.57 Å². The Labute approximate surface area is 172 Å². The summed E-state index contributed by atoms with van der Waals surface area (Å²) in [7, 11) is 2.19. The Morgan fingerprint density at radius 3 is 2.72 bits per heavy atom. The third-order valence-electron chi connectivity index (χ3n) is 6.39. The third kappa shape index (κ3) is 2.71. The van der Waals surface area contributed by atoms with Gasteiger partial charge in [0.25, 0.3) is 0 Å².